The highest BCUT2D eigenvalue weighted by molar-refractivity contribution is 7.89. The van der Waals surface area contributed by atoms with E-state index in [0.717, 1.165) is 5.56 Å². The summed E-state index contributed by atoms with van der Waals surface area (Å²) in [4.78, 5) is 12.9. The number of piperidine rings is 1. The van der Waals surface area contributed by atoms with Crippen LogP contribution in [-0.2, 0) is 14.8 Å². The fourth-order valence-electron chi connectivity index (χ4n) is 3.29. The first-order valence-electron chi connectivity index (χ1n) is 9.50. The van der Waals surface area contributed by atoms with Gasteiger partial charge in [-0.05, 0) is 51.0 Å². The third-order valence-electron chi connectivity index (χ3n) is 4.90. The number of anilines is 1. The largest absolute Gasteiger partial charge is 0.494 e. The van der Waals surface area contributed by atoms with Crippen LogP contribution in [-0.4, -0.2) is 38.3 Å². The molecular weight excluding hydrogens is 376 g/mol. The molecule has 0 atom stereocenters. The van der Waals surface area contributed by atoms with Crippen LogP contribution in [0.1, 0.15) is 25.3 Å². The van der Waals surface area contributed by atoms with Crippen LogP contribution in [0.4, 0.5) is 5.69 Å². The summed E-state index contributed by atoms with van der Waals surface area (Å²) in [5.41, 5.74) is 1.70. The average molecular weight is 403 g/mol. The lowest BCUT2D eigenvalue weighted by molar-refractivity contribution is -0.120. The number of carbonyl (C=O) groups excluding carboxylic acids is 1. The van der Waals surface area contributed by atoms with Crippen LogP contribution in [0.3, 0.4) is 0 Å². The van der Waals surface area contributed by atoms with Gasteiger partial charge in [-0.3, -0.25) is 4.79 Å². The van der Waals surface area contributed by atoms with Gasteiger partial charge in [-0.15, -0.1) is 0 Å². The highest BCUT2D eigenvalue weighted by Crippen LogP contribution is 2.26. The van der Waals surface area contributed by atoms with Gasteiger partial charge in [-0.1, -0.05) is 23.8 Å². The molecule has 0 spiro atoms. The van der Waals surface area contributed by atoms with Gasteiger partial charge in [0.25, 0.3) is 0 Å². The Kier molecular flexibility index (Phi) is 6.36. The predicted octanol–water partition coefficient (Wildman–Crippen LogP) is 3.43. The maximum atomic E-state index is 12.8. The van der Waals surface area contributed by atoms with Crippen molar-refractivity contribution in [2.45, 2.75) is 31.6 Å². The van der Waals surface area contributed by atoms with Crippen LogP contribution in [0.25, 0.3) is 0 Å². The van der Waals surface area contributed by atoms with Gasteiger partial charge in [0.1, 0.15) is 5.75 Å². The van der Waals surface area contributed by atoms with Gasteiger partial charge in [0.2, 0.25) is 15.9 Å². The van der Waals surface area contributed by atoms with E-state index in [0.29, 0.717) is 48.9 Å². The number of nitrogens with zero attached hydrogens (tertiary/aromatic N) is 1. The van der Waals surface area contributed by atoms with Crippen molar-refractivity contribution in [2.24, 2.45) is 5.92 Å². The number of ether oxygens (including phenoxy) is 1. The van der Waals surface area contributed by atoms with Crippen molar-refractivity contribution in [2.75, 3.05) is 25.0 Å². The molecule has 150 valence electrons. The van der Waals surface area contributed by atoms with E-state index in [2.05, 4.69) is 5.32 Å². The fraction of sp³-hybridized carbons (Fsp3) is 0.381. The zero-order valence-corrected chi connectivity index (χ0v) is 17.0. The van der Waals surface area contributed by atoms with Crippen LogP contribution in [0.5, 0.6) is 5.75 Å². The number of amides is 1. The highest BCUT2D eigenvalue weighted by atomic mass is 32.2. The second kappa shape index (κ2) is 8.75. The van der Waals surface area contributed by atoms with Crippen molar-refractivity contribution < 1.29 is 17.9 Å². The van der Waals surface area contributed by atoms with E-state index in [-0.39, 0.29) is 11.8 Å². The Hall–Kier alpha value is -2.38. The Morgan fingerprint density at radius 2 is 1.82 bits per heavy atom. The monoisotopic (exact) mass is 402 g/mol. The molecular formula is C21H26N2O4S. The minimum Gasteiger partial charge on any atom is -0.494 e. The summed E-state index contributed by atoms with van der Waals surface area (Å²) in [5.74, 6) is 0.417. The number of sulfonamides is 1. The topological polar surface area (TPSA) is 75.7 Å². The summed E-state index contributed by atoms with van der Waals surface area (Å²) in [5, 5.41) is 2.92. The molecule has 0 aliphatic carbocycles. The molecule has 28 heavy (non-hydrogen) atoms. The molecule has 2 aromatic rings. The van der Waals surface area contributed by atoms with Crippen LogP contribution < -0.4 is 10.1 Å². The van der Waals surface area contributed by atoms with Gasteiger partial charge in [0.05, 0.1) is 11.5 Å². The summed E-state index contributed by atoms with van der Waals surface area (Å²) in [6, 6.07) is 14.1. The first-order chi connectivity index (χ1) is 13.4. The van der Waals surface area contributed by atoms with E-state index >= 15 is 0 Å². The Morgan fingerprint density at radius 1 is 1.14 bits per heavy atom. The Labute approximate surface area is 166 Å². The Balaban J connectivity index is 1.59. The quantitative estimate of drug-likeness (QED) is 0.803. The molecule has 7 heteroatoms. The number of carbonyl (C=O) groups is 1. The van der Waals surface area contributed by atoms with E-state index in [1.165, 1.54) is 4.31 Å². The number of benzene rings is 2. The third-order valence-corrected chi connectivity index (χ3v) is 6.81. The van der Waals surface area contributed by atoms with Crippen molar-refractivity contribution in [1.29, 1.82) is 0 Å². The van der Waals surface area contributed by atoms with Crippen LogP contribution in [0.2, 0.25) is 0 Å². The van der Waals surface area contributed by atoms with Crippen molar-refractivity contribution in [3.8, 4) is 5.75 Å². The molecule has 1 N–H and O–H groups in total. The molecule has 0 unspecified atom stereocenters. The smallest absolute Gasteiger partial charge is 0.243 e. The van der Waals surface area contributed by atoms with Crippen LogP contribution in [0, 0.1) is 12.8 Å². The summed E-state index contributed by atoms with van der Waals surface area (Å²) >= 11 is 0. The van der Waals surface area contributed by atoms with Crippen molar-refractivity contribution in [3.63, 3.8) is 0 Å². The van der Waals surface area contributed by atoms with Crippen LogP contribution >= 0.6 is 0 Å². The second-order valence-corrected chi connectivity index (χ2v) is 8.88. The normalized spacial score (nSPS) is 15.9. The van der Waals surface area contributed by atoms with Crippen LogP contribution in [0.15, 0.2) is 53.4 Å². The van der Waals surface area contributed by atoms with Gasteiger partial charge in [0, 0.05) is 30.8 Å². The molecule has 0 aromatic heterocycles. The summed E-state index contributed by atoms with van der Waals surface area (Å²) in [6.07, 6.45) is 1.00. The lowest BCUT2D eigenvalue weighted by Crippen LogP contribution is -2.41. The van der Waals surface area contributed by atoms with Gasteiger partial charge in [-0.25, -0.2) is 8.42 Å². The number of hydrogen-bond donors (Lipinski definition) is 1. The maximum absolute atomic E-state index is 12.8. The Bertz CT molecular complexity index is 918. The molecule has 1 amide bonds. The maximum Gasteiger partial charge on any atom is 0.243 e. The summed E-state index contributed by atoms with van der Waals surface area (Å²) in [6.45, 7) is 5.07. The molecule has 3 rings (SSSR count). The zero-order valence-electron chi connectivity index (χ0n) is 16.2. The lowest BCUT2D eigenvalue weighted by Gasteiger charge is -2.30. The van der Waals surface area contributed by atoms with Crippen molar-refractivity contribution in [1.82, 2.24) is 4.31 Å². The van der Waals surface area contributed by atoms with E-state index < -0.39 is 10.0 Å². The molecule has 0 bridgehead atoms. The number of aryl methyl sites for hydroxylation is 1. The van der Waals surface area contributed by atoms with Gasteiger partial charge < -0.3 is 10.1 Å². The second-order valence-electron chi connectivity index (χ2n) is 6.94. The van der Waals surface area contributed by atoms with Crippen molar-refractivity contribution >= 4 is 21.6 Å². The summed E-state index contributed by atoms with van der Waals surface area (Å²) in [7, 11) is -3.51. The summed E-state index contributed by atoms with van der Waals surface area (Å²) < 4.78 is 32.5. The minimum absolute atomic E-state index is 0.0824. The lowest BCUT2D eigenvalue weighted by atomic mass is 9.97. The van der Waals surface area contributed by atoms with Gasteiger partial charge in [0.15, 0.2) is 0 Å². The number of nitrogens with one attached hydrogen (secondary N) is 1. The first-order valence-corrected chi connectivity index (χ1v) is 10.9. The Morgan fingerprint density at radius 3 is 2.46 bits per heavy atom. The molecule has 1 saturated heterocycles. The number of rotatable bonds is 6. The minimum atomic E-state index is -3.51. The zero-order chi connectivity index (χ0) is 20.1. The SMILES string of the molecule is CCOc1cccc(NC(=O)C2CCN(S(=O)(=O)c3ccc(C)cc3)CC2)c1. The standard InChI is InChI=1S/C21H26N2O4S/c1-3-27-19-6-4-5-18(15-19)22-21(24)17-11-13-23(14-12-17)28(25,26)20-9-7-16(2)8-10-20/h4-10,15,17H,3,11-14H2,1-2H3,(H,22,24). The van der Waals surface area contributed by atoms with Crippen molar-refractivity contribution in [3.05, 3.63) is 54.1 Å². The van der Waals surface area contributed by atoms with E-state index in [4.69, 9.17) is 4.74 Å². The third kappa shape index (κ3) is 4.72. The molecule has 1 aliphatic rings. The molecule has 0 saturated carbocycles. The van der Waals surface area contributed by atoms with E-state index in [1.54, 1.807) is 30.3 Å². The fourth-order valence-corrected chi connectivity index (χ4v) is 4.76. The van der Waals surface area contributed by atoms with E-state index in [9.17, 15) is 13.2 Å². The molecule has 6 nitrogen and oxygen atoms in total. The predicted molar refractivity (Wildman–Crippen MR) is 109 cm³/mol. The number of hydrogen-bond acceptors (Lipinski definition) is 4. The molecule has 1 heterocycles. The average Bonchev–Trinajstić information content (AvgIpc) is 2.69. The molecule has 0 radical (unpaired) electrons. The molecule has 2 aromatic carbocycles. The van der Waals surface area contributed by atoms with E-state index in [1.807, 2.05) is 32.0 Å². The van der Waals surface area contributed by atoms with Gasteiger partial charge in [-0.2, -0.15) is 4.31 Å². The first kappa shape index (κ1) is 20.4. The molecule has 1 fully saturated rings. The highest BCUT2D eigenvalue weighted by Gasteiger charge is 2.32. The van der Waals surface area contributed by atoms with Gasteiger partial charge >= 0.3 is 0 Å². The molecule has 1 aliphatic heterocycles.